The number of carbonyl (C=O) groups is 3. The number of aromatic nitrogens is 2. The Balaban J connectivity index is 1.40. The summed E-state index contributed by atoms with van der Waals surface area (Å²) in [6, 6.07) is 14.2. The summed E-state index contributed by atoms with van der Waals surface area (Å²) < 4.78 is 20.4. The van der Waals surface area contributed by atoms with Gasteiger partial charge in [-0.25, -0.2) is 0 Å². The zero-order chi connectivity index (χ0) is 33.7. The predicted octanol–water partition coefficient (Wildman–Crippen LogP) is 4.93. The van der Waals surface area contributed by atoms with E-state index in [1.165, 1.54) is 4.90 Å². The van der Waals surface area contributed by atoms with Gasteiger partial charge in [0.1, 0.15) is 22.9 Å². The van der Waals surface area contributed by atoms with Gasteiger partial charge in [0.15, 0.2) is 0 Å². The van der Waals surface area contributed by atoms with E-state index in [-0.39, 0.29) is 36.9 Å². The fraction of sp³-hybridized carbons (Fsp3) is 0.500. The van der Waals surface area contributed by atoms with Crippen molar-refractivity contribution in [2.45, 2.75) is 72.8 Å². The molecule has 252 valence electrons. The van der Waals surface area contributed by atoms with Gasteiger partial charge >= 0.3 is 0 Å². The number of ether oxygens (including phenoxy) is 3. The topological polar surface area (TPSA) is 115 Å². The molecule has 11 heteroatoms. The maximum Gasteiger partial charge on any atom is 0.272 e. The Morgan fingerprint density at radius 3 is 2.62 bits per heavy atom. The second-order valence-electron chi connectivity index (χ2n) is 13.3. The summed E-state index contributed by atoms with van der Waals surface area (Å²) in [4.78, 5) is 43.8. The normalized spacial score (nSPS) is 19.0. The van der Waals surface area contributed by atoms with Crippen molar-refractivity contribution >= 4 is 17.7 Å². The Hall–Kier alpha value is -4.38. The van der Waals surface area contributed by atoms with Crippen LogP contribution in [0.5, 0.6) is 17.2 Å². The van der Waals surface area contributed by atoms with E-state index >= 15 is 0 Å². The molecule has 0 spiro atoms. The summed E-state index contributed by atoms with van der Waals surface area (Å²) in [5.74, 6) is 1.52. The highest BCUT2D eigenvalue weighted by Gasteiger charge is 2.35. The zero-order valence-corrected chi connectivity index (χ0v) is 28.3. The number of fused-ring (bicyclic) bond motifs is 5. The number of aryl methyl sites for hydroxylation is 1. The summed E-state index contributed by atoms with van der Waals surface area (Å²) in [5.41, 5.74) is 2.69. The van der Waals surface area contributed by atoms with Gasteiger partial charge in [0.25, 0.3) is 11.8 Å². The number of rotatable bonds is 7. The first-order valence-corrected chi connectivity index (χ1v) is 16.6. The van der Waals surface area contributed by atoms with Gasteiger partial charge in [-0.1, -0.05) is 39.8 Å². The van der Waals surface area contributed by atoms with Crippen LogP contribution in [0.4, 0.5) is 0 Å². The average molecular weight is 646 g/mol. The number of likely N-dealkylation sites (tertiary alicyclic amines) is 1. The number of nitrogens with zero attached hydrogens (tertiary/aromatic N) is 4. The highest BCUT2D eigenvalue weighted by atomic mass is 16.5. The van der Waals surface area contributed by atoms with E-state index in [1.807, 2.05) is 51.1 Å². The Morgan fingerprint density at radius 1 is 1.06 bits per heavy atom. The molecule has 1 saturated heterocycles. The summed E-state index contributed by atoms with van der Waals surface area (Å²) in [6.45, 7) is 12.3. The van der Waals surface area contributed by atoms with E-state index < -0.39 is 6.10 Å². The monoisotopic (exact) mass is 645 g/mol. The summed E-state index contributed by atoms with van der Waals surface area (Å²) in [6.07, 6.45) is 0.822. The molecule has 2 atom stereocenters. The first-order valence-electron chi connectivity index (χ1n) is 16.6. The molecule has 3 aromatic rings. The molecule has 3 heterocycles. The Kier molecular flexibility index (Phi) is 10.9. The van der Waals surface area contributed by atoms with Crippen molar-refractivity contribution in [3.63, 3.8) is 0 Å². The highest BCUT2D eigenvalue weighted by Crippen LogP contribution is 2.30. The van der Waals surface area contributed by atoms with Gasteiger partial charge < -0.3 is 29.3 Å². The van der Waals surface area contributed by atoms with Crippen molar-refractivity contribution in [2.75, 3.05) is 33.3 Å². The Morgan fingerprint density at radius 2 is 1.87 bits per heavy atom. The van der Waals surface area contributed by atoms with Crippen molar-refractivity contribution in [3.8, 4) is 17.2 Å². The molecule has 47 heavy (non-hydrogen) atoms. The lowest BCUT2D eigenvalue weighted by atomic mass is 10.0. The molecule has 2 aliphatic heterocycles. The molecule has 0 radical (unpaired) electrons. The molecule has 5 rings (SSSR count). The first-order chi connectivity index (χ1) is 22.5. The largest absolute Gasteiger partial charge is 0.493 e. The molecule has 0 aliphatic carbocycles. The molecule has 0 unspecified atom stereocenters. The molecule has 4 bridgehead atoms. The minimum absolute atomic E-state index is 0.103. The van der Waals surface area contributed by atoms with Crippen LogP contribution in [0.2, 0.25) is 0 Å². The molecular weight excluding hydrogens is 598 g/mol. The van der Waals surface area contributed by atoms with Crippen LogP contribution in [0.3, 0.4) is 0 Å². The lowest BCUT2D eigenvalue weighted by Crippen LogP contribution is -2.57. The molecular formula is C36H47N5O6. The molecule has 1 N–H and O–H groups in total. The van der Waals surface area contributed by atoms with Crippen LogP contribution in [-0.4, -0.2) is 82.7 Å². The quantitative estimate of drug-likeness (QED) is 0.388. The number of piperidine rings is 1. The van der Waals surface area contributed by atoms with Crippen molar-refractivity contribution in [2.24, 2.45) is 11.8 Å². The molecule has 2 aliphatic rings. The van der Waals surface area contributed by atoms with E-state index in [0.29, 0.717) is 73.0 Å². The number of hydrogen-bond acceptors (Lipinski definition) is 7. The standard InChI is InChI=1S/C36H47N5O6/c1-7-41-32(17-27(38-41)13-23(2)3)36(44)40-12-11-31-33(19-40)46-22-25-9-8-10-28(14-25)47-30-16-26(15-29(18-30)45-21-24(4)5)35(43)39(6)20-34(42)37-31/h8-10,14-18,23-24,31,33H,7,11-13,19-22H2,1-6H3,(H,37,42)/t31-,33-/m0/s1. The summed E-state index contributed by atoms with van der Waals surface area (Å²) in [7, 11) is 1.59. The molecule has 2 aromatic carbocycles. The molecule has 3 amide bonds. The molecule has 0 saturated carbocycles. The lowest BCUT2D eigenvalue weighted by Gasteiger charge is -2.39. The summed E-state index contributed by atoms with van der Waals surface area (Å²) in [5, 5.41) is 7.76. The minimum Gasteiger partial charge on any atom is -0.493 e. The highest BCUT2D eigenvalue weighted by molar-refractivity contribution is 5.97. The van der Waals surface area contributed by atoms with Crippen LogP contribution in [0, 0.1) is 11.8 Å². The van der Waals surface area contributed by atoms with Gasteiger partial charge in [0.2, 0.25) is 5.91 Å². The second kappa shape index (κ2) is 15.0. The number of likely N-dealkylation sites (N-methyl/N-ethyl adjacent to an activating group) is 1. The first kappa shape index (κ1) is 34.0. The second-order valence-corrected chi connectivity index (χ2v) is 13.3. The number of benzene rings is 2. The maximum absolute atomic E-state index is 13.8. The van der Waals surface area contributed by atoms with Crippen LogP contribution in [0.1, 0.15) is 73.1 Å². The number of carbonyl (C=O) groups excluding carboxylic acids is 3. The third kappa shape index (κ3) is 8.71. The van der Waals surface area contributed by atoms with Crippen LogP contribution in [-0.2, 0) is 29.1 Å². The van der Waals surface area contributed by atoms with E-state index in [0.717, 1.165) is 17.7 Å². The SMILES string of the molecule is CCn1nc(CC(C)C)cc1C(=O)N1CC[C@@H]2NC(=O)CN(C)C(=O)c3cc(OCC(C)C)cc(c3)Oc3cccc(c3)CO[C@H]2C1. The molecule has 1 fully saturated rings. The van der Waals surface area contributed by atoms with Gasteiger partial charge in [-0.15, -0.1) is 0 Å². The lowest BCUT2D eigenvalue weighted by molar-refractivity contribution is -0.124. The van der Waals surface area contributed by atoms with E-state index in [4.69, 9.17) is 14.2 Å². The van der Waals surface area contributed by atoms with E-state index in [1.54, 1.807) is 34.8 Å². The van der Waals surface area contributed by atoms with Crippen LogP contribution in [0.15, 0.2) is 48.5 Å². The smallest absolute Gasteiger partial charge is 0.272 e. The number of hydrogen-bond donors (Lipinski definition) is 1. The van der Waals surface area contributed by atoms with Gasteiger partial charge in [0, 0.05) is 38.3 Å². The molecule has 1 aromatic heterocycles. The average Bonchev–Trinajstić information content (AvgIpc) is 3.44. The third-order valence-electron chi connectivity index (χ3n) is 8.20. The van der Waals surface area contributed by atoms with Gasteiger partial charge in [-0.2, -0.15) is 5.10 Å². The van der Waals surface area contributed by atoms with Crippen molar-refractivity contribution in [1.82, 2.24) is 24.9 Å². The maximum atomic E-state index is 13.8. The Labute approximate surface area is 277 Å². The van der Waals surface area contributed by atoms with Crippen LogP contribution >= 0.6 is 0 Å². The number of amides is 3. The van der Waals surface area contributed by atoms with Gasteiger partial charge in [0.05, 0.1) is 37.6 Å². The van der Waals surface area contributed by atoms with Crippen LogP contribution in [0.25, 0.3) is 0 Å². The minimum atomic E-state index is -0.475. The van der Waals surface area contributed by atoms with Gasteiger partial charge in [-0.3, -0.25) is 19.1 Å². The summed E-state index contributed by atoms with van der Waals surface area (Å²) >= 11 is 0. The van der Waals surface area contributed by atoms with Gasteiger partial charge in [-0.05, 0) is 67.5 Å². The van der Waals surface area contributed by atoms with Crippen molar-refractivity contribution in [3.05, 3.63) is 71.0 Å². The van der Waals surface area contributed by atoms with Crippen molar-refractivity contribution in [1.29, 1.82) is 0 Å². The van der Waals surface area contributed by atoms with Crippen molar-refractivity contribution < 1.29 is 28.6 Å². The van der Waals surface area contributed by atoms with E-state index in [9.17, 15) is 14.4 Å². The predicted molar refractivity (Wildman–Crippen MR) is 178 cm³/mol. The fourth-order valence-electron chi connectivity index (χ4n) is 5.90. The van der Waals surface area contributed by atoms with Crippen LogP contribution < -0.4 is 14.8 Å². The van der Waals surface area contributed by atoms with E-state index in [2.05, 4.69) is 24.3 Å². The Bertz CT molecular complexity index is 1580. The third-order valence-corrected chi connectivity index (χ3v) is 8.20. The fourth-order valence-corrected chi connectivity index (χ4v) is 5.90. The molecule has 11 nitrogen and oxygen atoms in total. The zero-order valence-electron chi connectivity index (χ0n) is 28.3. The number of nitrogens with one attached hydrogen (secondary N) is 1.